The smallest absolute Gasteiger partial charge is 0.343 e. The molecule has 1 aliphatic heterocycles. The first kappa shape index (κ1) is 17.1. The summed E-state index contributed by atoms with van der Waals surface area (Å²) in [7, 11) is 0. The molecule has 26 heavy (non-hydrogen) atoms. The Morgan fingerprint density at radius 2 is 1.77 bits per heavy atom. The predicted octanol–water partition coefficient (Wildman–Crippen LogP) is 3.53. The lowest BCUT2D eigenvalue weighted by molar-refractivity contribution is -0.384. The third-order valence-corrected chi connectivity index (χ3v) is 3.64. The van der Waals surface area contributed by atoms with Crippen molar-refractivity contribution in [3.8, 4) is 0 Å². The molecule has 0 spiro atoms. The highest BCUT2D eigenvalue weighted by Gasteiger charge is 2.22. The lowest BCUT2D eigenvalue weighted by Gasteiger charge is -2.04. The fourth-order valence-electron chi connectivity index (χ4n) is 2.42. The van der Waals surface area contributed by atoms with Crippen LogP contribution in [0.5, 0.6) is 0 Å². The van der Waals surface area contributed by atoms with Gasteiger partial charge in [0.25, 0.3) is 5.69 Å². The van der Waals surface area contributed by atoms with Gasteiger partial charge in [0.05, 0.1) is 10.5 Å². The molecule has 0 fully saturated rings. The molecule has 130 valence electrons. The molecule has 0 aromatic heterocycles. The van der Waals surface area contributed by atoms with E-state index in [-0.39, 0.29) is 11.6 Å². The van der Waals surface area contributed by atoms with Crippen LogP contribution in [0.15, 0.2) is 60.2 Å². The number of nitro groups is 1. The Labute approximate surface area is 148 Å². The number of carbonyl (C=O) groups is 2. The minimum absolute atomic E-state index is 0.0170. The van der Waals surface area contributed by atoms with Crippen molar-refractivity contribution in [2.75, 3.05) is 5.32 Å². The molecule has 7 nitrogen and oxygen atoms in total. The molecule has 0 saturated heterocycles. The zero-order valence-electron chi connectivity index (χ0n) is 13.8. The molecule has 0 bridgehead atoms. The number of carbonyl (C=O) groups excluding carboxylic acids is 2. The van der Waals surface area contributed by atoms with Crippen molar-refractivity contribution < 1.29 is 19.2 Å². The normalized spacial score (nSPS) is 14.7. The van der Waals surface area contributed by atoms with Gasteiger partial charge in [-0.25, -0.2) is 4.79 Å². The first-order valence-electron chi connectivity index (χ1n) is 7.70. The first-order chi connectivity index (χ1) is 12.4. The highest BCUT2D eigenvalue weighted by molar-refractivity contribution is 6.05. The van der Waals surface area contributed by atoms with Crippen LogP contribution < -0.4 is 5.32 Å². The second kappa shape index (κ2) is 7.02. The van der Waals surface area contributed by atoms with Gasteiger partial charge in [-0.15, -0.1) is 0 Å². The van der Waals surface area contributed by atoms with Crippen molar-refractivity contribution >= 4 is 35.1 Å². The quantitative estimate of drug-likeness (QED) is 0.394. The van der Waals surface area contributed by atoms with Gasteiger partial charge in [0.1, 0.15) is 5.76 Å². The molecule has 1 N–H and O–H groups in total. The first-order valence-corrected chi connectivity index (χ1v) is 7.70. The summed E-state index contributed by atoms with van der Waals surface area (Å²) >= 11 is 0. The Balaban J connectivity index is 1.82. The second-order valence-corrected chi connectivity index (χ2v) is 5.60. The number of non-ortho nitro benzene ring substituents is 1. The molecule has 1 amide bonds. The van der Waals surface area contributed by atoms with Gasteiger partial charge >= 0.3 is 5.97 Å². The molecule has 7 heteroatoms. The van der Waals surface area contributed by atoms with E-state index < -0.39 is 10.9 Å². The van der Waals surface area contributed by atoms with E-state index in [0.717, 1.165) is 0 Å². The summed E-state index contributed by atoms with van der Waals surface area (Å²) in [6.45, 7) is 1.42. The topological polar surface area (TPSA) is 98.5 Å². The number of esters is 1. The van der Waals surface area contributed by atoms with Crippen molar-refractivity contribution in [1.29, 1.82) is 0 Å². The van der Waals surface area contributed by atoms with E-state index in [9.17, 15) is 19.7 Å². The van der Waals surface area contributed by atoms with Gasteiger partial charge in [0.15, 0.2) is 0 Å². The van der Waals surface area contributed by atoms with E-state index >= 15 is 0 Å². The summed E-state index contributed by atoms with van der Waals surface area (Å²) in [4.78, 5) is 33.3. The number of hydrogen-bond donors (Lipinski definition) is 1. The number of benzene rings is 2. The molecule has 1 heterocycles. The number of cyclic esters (lactones) is 1. The molecule has 0 unspecified atom stereocenters. The summed E-state index contributed by atoms with van der Waals surface area (Å²) in [5.74, 6) is -0.264. The molecule has 0 aliphatic carbocycles. The number of nitrogens with one attached hydrogen (secondary N) is 1. The molecule has 0 radical (unpaired) electrons. The summed E-state index contributed by atoms with van der Waals surface area (Å²) in [5.41, 5.74) is 2.32. The molecule has 0 atom stereocenters. The number of anilines is 1. The summed E-state index contributed by atoms with van der Waals surface area (Å²) < 4.78 is 5.27. The van der Waals surface area contributed by atoms with Crippen molar-refractivity contribution in [3.63, 3.8) is 0 Å². The molecule has 1 aliphatic rings. The molecule has 3 rings (SSSR count). The van der Waals surface area contributed by atoms with Gasteiger partial charge in [-0.2, -0.15) is 0 Å². The third-order valence-electron chi connectivity index (χ3n) is 3.64. The fourth-order valence-corrected chi connectivity index (χ4v) is 2.42. The van der Waals surface area contributed by atoms with Gasteiger partial charge in [-0.05, 0) is 54.1 Å². The third kappa shape index (κ3) is 3.84. The number of nitro benzene ring substituents is 1. The Bertz CT molecular complexity index is 941. The second-order valence-electron chi connectivity index (χ2n) is 5.60. The number of amides is 1. The molecule has 2 aromatic rings. The maximum Gasteiger partial charge on any atom is 0.343 e. The van der Waals surface area contributed by atoms with Gasteiger partial charge in [0.2, 0.25) is 5.91 Å². The highest BCUT2D eigenvalue weighted by Crippen LogP contribution is 2.28. The van der Waals surface area contributed by atoms with Crippen molar-refractivity contribution in [2.24, 2.45) is 0 Å². The van der Waals surface area contributed by atoms with E-state index in [2.05, 4.69) is 5.32 Å². The highest BCUT2D eigenvalue weighted by atomic mass is 16.6. The zero-order valence-corrected chi connectivity index (χ0v) is 13.8. The fraction of sp³-hybridized carbons (Fsp3) is 0.0526. The van der Waals surface area contributed by atoms with Crippen LogP contribution in [-0.2, 0) is 14.3 Å². The maximum atomic E-state index is 12.0. The van der Waals surface area contributed by atoms with Crippen molar-refractivity contribution in [3.05, 3.63) is 81.4 Å². The van der Waals surface area contributed by atoms with E-state index in [1.165, 1.54) is 19.1 Å². The van der Waals surface area contributed by atoms with Crippen molar-refractivity contribution in [1.82, 2.24) is 0 Å². The van der Waals surface area contributed by atoms with E-state index in [1.54, 1.807) is 48.6 Å². The van der Waals surface area contributed by atoms with Crippen LogP contribution in [0.1, 0.15) is 18.1 Å². The minimum Gasteiger partial charge on any atom is -0.422 e. The van der Waals surface area contributed by atoms with Crippen LogP contribution in [-0.4, -0.2) is 16.8 Å². The molecular weight excluding hydrogens is 336 g/mol. The zero-order chi connectivity index (χ0) is 18.7. The number of rotatable bonds is 4. The van der Waals surface area contributed by atoms with E-state index in [1.807, 2.05) is 0 Å². The number of hydrogen-bond acceptors (Lipinski definition) is 5. The van der Waals surface area contributed by atoms with Crippen LogP contribution in [0.3, 0.4) is 0 Å². The average Bonchev–Trinajstić information content (AvgIpc) is 2.96. The van der Waals surface area contributed by atoms with Crippen LogP contribution in [0.2, 0.25) is 0 Å². The summed E-state index contributed by atoms with van der Waals surface area (Å²) in [6.07, 6.45) is 3.21. The predicted molar refractivity (Wildman–Crippen MR) is 95.9 cm³/mol. The lowest BCUT2D eigenvalue weighted by atomic mass is 10.1. The number of nitrogens with zero attached hydrogens (tertiary/aromatic N) is 1. The average molecular weight is 350 g/mol. The van der Waals surface area contributed by atoms with E-state index in [4.69, 9.17) is 4.74 Å². The largest absolute Gasteiger partial charge is 0.422 e. The van der Waals surface area contributed by atoms with E-state index in [0.29, 0.717) is 28.1 Å². The van der Waals surface area contributed by atoms with Crippen LogP contribution in [0.4, 0.5) is 11.4 Å². The van der Waals surface area contributed by atoms with Gasteiger partial charge in [-0.1, -0.05) is 0 Å². The van der Waals surface area contributed by atoms with Gasteiger partial charge in [0, 0.05) is 30.3 Å². The summed E-state index contributed by atoms with van der Waals surface area (Å²) in [5, 5.41) is 13.3. The summed E-state index contributed by atoms with van der Waals surface area (Å²) in [6, 6.07) is 12.8. The Hall–Kier alpha value is -3.74. The van der Waals surface area contributed by atoms with Crippen molar-refractivity contribution in [2.45, 2.75) is 6.92 Å². The molecule has 2 aromatic carbocycles. The Morgan fingerprint density at radius 1 is 1.12 bits per heavy atom. The standard InChI is InChI=1S/C19H14N2O5/c1-12(22)20-16-6-4-14(5-7-16)18-11-15(19(23)26-18)10-13-2-8-17(9-3-13)21(24)25/h2-11H,1H3,(H,20,22)/b15-10-. The van der Waals surface area contributed by atoms with Gasteiger partial charge in [-0.3, -0.25) is 14.9 Å². The minimum atomic E-state index is -0.496. The molecular formula is C19H14N2O5. The Kier molecular flexibility index (Phi) is 4.62. The van der Waals surface area contributed by atoms with Gasteiger partial charge < -0.3 is 10.1 Å². The van der Waals surface area contributed by atoms with Crippen LogP contribution in [0, 0.1) is 10.1 Å². The lowest BCUT2D eigenvalue weighted by Crippen LogP contribution is -2.05. The molecule has 0 saturated carbocycles. The Morgan fingerprint density at radius 3 is 2.35 bits per heavy atom. The SMILES string of the molecule is CC(=O)Nc1ccc(C2=C/C(=C/c3ccc([N+](=O)[O-])cc3)C(=O)O2)cc1. The maximum absolute atomic E-state index is 12.0. The van der Waals surface area contributed by atoms with Crippen LogP contribution in [0.25, 0.3) is 11.8 Å². The van der Waals surface area contributed by atoms with Crippen LogP contribution >= 0.6 is 0 Å². The monoisotopic (exact) mass is 350 g/mol. The number of ether oxygens (including phenoxy) is 1.